The molecule has 1 aromatic carbocycles. The van der Waals surface area contributed by atoms with Crippen molar-refractivity contribution in [1.82, 2.24) is 19.1 Å². The van der Waals surface area contributed by atoms with Gasteiger partial charge in [0.2, 0.25) is 0 Å². The van der Waals surface area contributed by atoms with Gasteiger partial charge >= 0.3 is 5.69 Å². The summed E-state index contributed by atoms with van der Waals surface area (Å²) in [5.41, 5.74) is 1.14. The fourth-order valence-electron chi connectivity index (χ4n) is 2.75. The summed E-state index contributed by atoms with van der Waals surface area (Å²) < 4.78 is 3.31. The van der Waals surface area contributed by atoms with E-state index in [4.69, 9.17) is 0 Å². The van der Waals surface area contributed by atoms with Crippen LogP contribution >= 0.6 is 11.8 Å². The van der Waals surface area contributed by atoms with Gasteiger partial charge in [0.15, 0.2) is 16.3 Å². The number of nitrogens with one attached hydrogen (secondary N) is 1. The van der Waals surface area contributed by atoms with E-state index in [1.54, 1.807) is 18.8 Å². The Morgan fingerprint density at radius 1 is 1.16 bits per heavy atom. The van der Waals surface area contributed by atoms with Crippen LogP contribution in [0.3, 0.4) is 0 Å². The minimum absolute atomic E-state index is 0.387. The number of fused-ring (bicyclic) bond motifs is 1. The van der Waals surface area contributed by atoms with Gasteiger partial charge in [-0.15, -0.1) is 0 Å². The molecule has 25 heavy (non-hydrogen) atoms. The fourth-order valence-corrected chi connectivity index (χ4v) is 3.75. The van der Waals surface area contributed by atoms with Gasteiger partial charge in [-0.05, 0) is 12.0 Å². The lowest BCUT2D eigenvalue weighted by atomic mass is 10.2. The Morgan fingerprint density at radius 3 is 2.64 bits per heavy atom. The summed E-state index contributed by atoms with van der Waals surface area (Å²) >= 11 is 1.64. The Labute approximate surface area is 149 Å². The number of aryl methyl sites for hydroxylation is 1. The van der Waals surface area contributed by atoms with Crippen molar-refractivity contribution in [1.29, 1.82) is 0 Å². The summed E-state index contributed by atoms with van der Waals surface area (Å²) in [4.78, 5) is 31.3. The number of benzene rings is 1. The van der Waals surface area contributed by atoms with Gasteiger partial charge in [0.25, 0.3) is 5.56 Å². The molecule has 0 spiro atoms. The molecule has 0 aliphatic rings. The van der Waals surface area contributed by atoms with Crippen molar-refractivity contribution >= 4 is 22.9 Å². The molecule has 0 fully saturated rings. The molecular formula is C18H22N4O2S. The molecule has 0 amide bonds. The summed E-state index contributed by atoms with van der Waals surface area (Å²) in [6.07, 6.45) is 3.44. The molecule has 0 bridgehead atoms. The van der Waals surface area contributed by atoms with Crippen molar-refractivity contribution in [3.63, 3.8) is 0 Å². The number of H-pyrrole nitrogens is 1. The van der Waals surface area contributed by atoms with E-state index in [9.17, 15) is 9.59 Å². The van der Waals surface area contributed by atoms with Gasteiger partial charge in [-0.25, -0.2) is 9.78 Å². The minimum Gasteiger partial charge on any atom is -0.309 e. The molecule has 0 saturated heterocycles. The predicted octanol–water partition coefficient (Wildman–Crippen LogP) is 2.75. The third-order valence-corrected chi connectivity index (χ3v) is 5.20. The topological polar surface area (TPSA) is 72.7 Å². The van der Waals surface area contributed by atoms with Gasteiger partial charge in [0.05, 0.1) is 6.54 Å². The molecule has 0 saturated carbocycles. The number of hydrogen-bond donors (Lipinski definition) is 1. The van der Waals surface area contributed by atoms with Crippen LogP contribution in [-0.2, 0) is 13.6 Å². The average Bonchev–Trinajstić information content (AvgIpc) is 2.97. The van der Waals surface area contributed by atoms with E-state index in [1.165, 1.54) is 11.0 Å². The lowest BCUT2D eigenvalue weighted by Crippen LogP contribution is -2.29. The molecular weight excluding hydrogens is 336 g/mol. The first-order valence-corrected chi connectivity index (χ1v) is 9.46. The SMILES string of the molecule is CCCCCSc1nc2c(c(=O)[nH]c(=O)n2C)n1Cc1ccccc1. The lowest BCUT2D eigenvalue weighted by Gasteiger charge is -2.08. The Morgan fingerprint density at radius 2 is 1.92 bits per heavy atom. The second kappa shape index (κ2) is 7.74. The van der Waals surface area contributed by atoms with Crippen molar-refractivity contribution < 1.29 is 0 Å². The first kappa shape index (κ1) is 17.5. The van der Waals surface area contributed by atoms with Crippen LogP contribution < -0.4 is 11.2 Å². The third-order valence-electron chi connectivity index (χ3n) is 4.13. The van der Waals surface area contributed by atoms with Gasteiger partial charge in [0.1, 0.15) is 0 Å². The number of imidazole rings is 1. The van der Waals surface area contributed by atoms with Crippen LogP contribution in [0.5, 0.6) is 0 Å². The highest BCUT2D eigenvalue weighted by atomic mass is 32.2. The normalized spacial score (nSPS) is 11.3. The molecule has 132 valence electrons. The Hall–Kier alpha value is -2.28. The molecule has 2 aromatic heterocycles. The number of nitrogens with zero attached hydrogens (tertiary/aromatic N) is 3. The predicted molar refractivity (Wildman–Crippen MR) is 101 cm³/mol. The fraction of sp³-hybridized carbons (Fsp3) is 0.389. The van der Waals surface area contributed by atoms with Crippen molar-refractivity contribution in [2.24, 2.45) is 7.05 Å². The number of hydrogen-bond acceptors (Lipinski definition) is 4. The van der Waals surface area contributed by atoms with E-state index in [1.807, 2.05) is 34.9 Å². The minimum atomic E-state index is -0.440. The van der Waals surface area contributed by atoms with Gasteiger partial charge in [-0.3, -0.25) is 14.3 Å². The largest absolute Gasteiger partial charge is 0.329 e. The zero-order valence-electron chi connectivity index (χ0n) is 14.5. The van der Waals surface area contributed by atoms with Crippen LogP contribution in [0.1, 0.15) is 31.7 Å². The first-order chi connectivity index (χ1) is 12.1. The maximum atomic E-state index is 12.4. The van der Waals surface area contributed by atoms with Gasteiger partial charge < -0.3 is 4.57 Å². The molecule has 3 aromatic rings. The number of unbranched alkanes of at least 4 members (excludes halogenated alkanes) is 2. The monoisotopic (exact) mass is 358 g/mol. The van der Waals surface area contributed by atoms with Crippen molar-refractivity contribution in [3.8, 4) is 0 Å². The first-order valence-electron chi connectivity index (χ1n) is 8.48. The molecule has 1 N–H and O–H groups in total. The quantitative estimate of drug-likeness (QED) is 0.521. The summed E-state index contributed by atoms with van der Waals surface area (Å²) in [6.45, 7) is 2.72. The van der Waals surface area contributed by atoms with E-state index in [2.05, 4.69) is 16.9 Å². The van der Waals surface area contributed by atoms with Gasteiger partial charge in [0, 0.05) is 12.8 Å². The molecule has 0 aliphatic carbocycles. The van der Waals surface area contributed by atoms with Crippen LogP contribution in [-0.4, -0.2) is 24.9 Å². The van der Waals surface area contributed by atoms with Crippen molar-refractivity contribution in [3.05, 3.63) is 56.7 Å². The molecule has 7 heteroatoms. The lowest BCUT2D eigenvalue weighted by molar-refractivity contribution is 0.724. The summed E-state index contributed by atoms with van der Waals surface area (Å²) in [5.74, 6) is 0.942. The number of aromatic nitrogens is 4. The van der Waals surface area contributed by atoms with Gasteiger partial charge in [-0.1, -0.05) is 61.9 Å². The second-order valence-electron chi connectivity index (χ2n) is 6.01. The highest BCUT2D eigenvalue weighted by Gasteiger charge is 2.17. The maximum Gasteiger partial charge on any atom is 0.329 e. The van der Waals surface area contributed by atoms with E-state index < -0.39 is 5.69 Å². The molecule has 3 rings (SSSR count). The van der Waals surface area contributed by atoms with Gasteiger partial charge in [-0.2, -0.15) is 0 Å². The standard InChI is InChI=1S/C18H22N4O2S/c1-3-4-8-11-25-18-19-15-14(16(23)20-17(24)21(15)2)22(18)12-13-9-6-5-7-10-13/h5-7,9-10H,3-4,8,11-12H2,1-2H3,(H,20,23,24). The molecule has 0 atom stereocenters. The third kappa shape index (κ3) is 3.71. The summed E-state index contributed by atoms with van der Waals surface area (Å²) in [7, 11) is 1.63. The Kier molecular flexibility index (Phi) is 5.43. The number of thioether (sulfide) groups is 1. The van der Waals surface area contributed by atoms with E-state index in [0.29, 0.717) is 17.7 Å². The van der Waals surface area contributed by atoms with Crippen molar-refractivity contribution in [2.45, 2.75) is 37.9 Å². The highest BCUT2D eigenvalue weighted by Crippen LogP contribution is 2.23. The Bertz CT molecular complexity index is 972. The van der Waals surface area contributed by atoms with E-state index in [-0.39, 0.29) is 5.56 Å². The number of aromatic amines is 1. The van der Waals surface area contributed by atoms with Crippen LogP contribution in [0.15, 0.2) is 45.1 Å². The van der Waals surface area contributed by atoms with Crippen molar-refractivity contribution in [2.75, 3.05) is 5.75 Å². The van der Waals surface area contributed by atoms with Crippen LogP contribution in [0.4, 0.5) is 0 Å². The average molecular weight is 358 g/mol. The second-order valence-corrected chi connectivity index (χ2v) is 7.07. The zero-order chi connectivity index (χ0) is 17.8. The zero-order valence-corrected chi connectivity index (χ0v) is 15.3. The molecule has 0 radical (unpaired) electrons. The molecule has 6 nitrogen and oxygen atoms in total. The summed E-state index contributed by atoms with van der Waals surface area (Å²) in [5, 5.41) is 0.779. The van der Waals surface area contributed by atoms with E-state index >= 15 is 0 Å². The summed E-state index contributed by atoms with van der Waals surface area (Å²) in [6, 6.07) is 9.96. The maximum absolute atomic E-state index is 12.4. The molecule has 0 aliphatic heterocycles. The van der Waals surface area contributed by atoms with Crippen LogP contribution in [0, 0.1) is 0 Å². The number of rotatable bonds is 7. The van der Waals surface area contributed by atoms with E-state index in [0.717, 1.165) is 29.3 Å². The van der Waals surface area contributed by atoms with Crippen LogP contribution in [0.2, 0.25) is 0 Å². The Balaban J connectivity index is 2.07. The highest BCUT2D eigenvalue weighted by molar-refractivity contribution is 7.99. The molecule has 2 heterocycles. The van der Waals surface area contributed by atoms with Crippen LogP contribution in [0.25, 0.3) is 11.2 Å². The molecule has 0 unspecified atom stereocenters. The smallest absolute Gasteiger partial charge is 0.309 e.